The van der Waals surface area contributed by atoms with E-state index in [1.54, 1.807) is 13.2 Å². The van der Waals surface area contributed by atoms with Gasteiger partial charge in [-0.1, -0.05) is 52.1 Å². The van der Waals surface area contributed by atoms with Crippen molar-refractivity contribution in [1.82, 2.24) is 5.32 Å². The molecule has 0 saturated carbocycles. The van der Waals surface area contributed by atoms with Gasteiger partial charge in [0.2, 0.25) is 0 Å². The Labute approximate surface area is 193 Å². The standard InChI is InChI=1S/C22H20BrNO4S2/c1-3-4-14-5-7-18(19(11-14)26-2)28-10-9-27-17-8-6-16(23)12-15(17)13-20-21(25)24-22(29)30-20/h3,5-8,11-13H,1,4,9-10H2,2H3,(H,24,25,29)/b20-13-. The first-order valence-electron chi connectivity index (χ1n) is 9.08. The number of carbonyl (C=O) groups excluding carboxylic acids is 1. The van der Waals surface area contributed by atoms with Gasteiger partial charge in [-0.05, 0) is 48.4 Å². The van der Waals surface area contributed by atoms with E-state index in [4.69, 9.17) is 26.4 Å². The third kappa shape index (κ3) is 5.87. The highest BCUT2D eigenvalue weighted by atomic mass is 79.9. The predicted octanol–water partition coefficient (Wildman–Crippen LogP) is 5.13. The Morgan fingerprint density at radius 3 is 2.53 bits per heavy atom. The van der Waals surface area contributed by atoms with Crippen molar-refractivity contribution < 1.29 is 19.0 Å². The molecule has 30 heavy (non-hydrogen) atoms. The smallest absolute Gasteiger partial charge is 0.263 e. The number of nitrogens with one attached hydrogen (secondary N) is 1. The van der Waals surface area contributed by atoms with Crippen LogP contribution >= 0.6 is 39.9 Å². The van der Waals surface area contributed by atoms with E-state index < -0.39 is 0 Å². The van der Waals surface area contributed by atoms with Crippen molar-refractivity contribution in [2.45, 2.75) is 6.42 Å². The van der Waals surface area contributed by atoms with E-state index in [-0.39, 0.29) is 5.91 Å². The van der Waals surface area contributed by atoms with Crippen molar-refractivity contribution in [3.8, 4) is 17.2 Å². The number of hydrogen-bond acceptors (Lipinski definition) is 6. The summed E-state index contributed by atoms with van der Waals surface area (Å²) in [5.41, 5.74) is 1.88. The minimum absolute atomic E-state index is 0.203. The summed E-state index contributed by atoms with van der Waals surface area (Å²) in [4.78, 5) is 12.5. The first-order chi connectivity index (χ1) is 14.5. The number of allylic oxidation sites excluding steroid dienone is 1. The van der Waals surface area contributed by atoms with E-state index in [1.807, 2.05) is 42.5 Å². The molecule has 1 aliphatic rings. The van der Waals surface area contributed by atoms with Crippen LogP contribution in [-0.2, 0) is 11.2 Å². The molecule has 8 heteroatoms. The second-order valence-corrected chi connectivity index (χ2v) is 8.84. The molecule has 1 N–H and O–H groups in total. The number of benzene rings is 2. The highest BCUT2D eigenvalue weighted by Gasteiger charge is 2.22. The van der Waals surface area contributed by atoms with Crippen LogP contribution in [0.3, 0.4) is 0 Å². The van der Waals surface area contributed by atoms with Crippen molar-refractivity contribution in [2.75, 3.05) is 20.3 Å². The van der Waals surface area contributed by atoms with Crippen LogP contribution in [0, 0.1) is 0 Å². The third-order valence-corrected chi connectivity index (χ3v) is 5.76. The quantitative estimate of drug-likeness (QED) is 0.220. The second-order valence-electron chi connectivity index (χ2n) is 6.21. The molecule has 0 aromatic heterocycles. The van der Waals surface area contributed by atoms with E-state index in [0.717, 1.165) is 22.0 Å². The number of rotatable bonds is 9. The molecule has 3 rings (SSSR count). The van der Waals surface area contributed by atoms with Crippen molar-refractivity contribution in [3.05, 3.63) is 69.6 Å². The van der Waals surface area contributed by atoms with Gasteiger partial charge in [-0.2, -0.15) is 0 Å². The number of halogens is 1. The first kappa shape index (κ1) is 22.4. The van der Waals surface area contributed by atoms with Gasteiger partial charge in [0.25, 0.3) is 5.91 Å². The fraction of sp³-hybridized carbons (Fsp3) is 0.182. The van der Waals surface area contributed by atoms with Crippen LogP contribution in [0.1, 0.15) is 11.1 Å². The van der Waals surface area contributed by atoms with Crippen LogP contribution in [0.5, 0.6) is 17.2 Å². The Hall–Kier alpha value is -2.29. The molecule has 1 aliphatic heterocycles. The highest BCUT2D eigenvalue weighted by molar-refractivity contribution is 9.10. The van der Waals surface area contributed by atoms with Gasteiger partial charge >= 0.3 is 0 Å². The molecular formula is C22H20BrNO4S2. The number of carbonyl (C=O) groups is 1. The van der Waals surface area contributed by atoms with Crippen molar-refractivity contribution >= 4 is 56.2 Å². The molecular weight excluding hydrogens is 486 g/mol. The number of thioether (sulfide) groups is 1. The molecule has 0 aliphatic carbocycles. The van der Waals surface area contributed by atoms with Crippen LogP contribution in [0.25, 0.3) is 6.08 Å². The Kier molecular flexibility index (Phi) is 7.95. The van der Waals surface area contributed by atoms with E-state index in [9.17, 15) is 4.79 Å². The van der Waals surface area contributed by atoms with Gasteiger partial charge in [0.15, 0.2) is 11.5 Å². The lowest BCUT2D eigenvalue weighted by Gasteiger charge is -2.13. The van der Waals surface area contributed by atoms with Crippen molar-refractivity contribution in [3.63, 3.8) is 0 Å². The molecule has 2 aromatic rings. The average molecular weight is 506 g/mol. The maximum absolute atomic E-state index is 12.0. The van der Waals surface area contributed by atoms with Gasteiger partial charge in [0.05, 0.1) is 12.0 Å². The van der Waals surface area contributed by atoms with Crippen LogP contribution < -0.4 is 19.5 Å². The van der Waals surface area contributed by atoms with Crippen LogP contribution in [0.15, 0.2) is 58.4 Å². The lowest BCUT2D eigenvalue weighted by atomic mass is 10.1. The van der Waals surface area contributed by atoms with Crippen molar-refractivity contribution in [1.29, 1.82) is 0 Å². The molecule has 2 aromatic carbocycles. The third-order valence-electron chi connectivity index (χ3n) is 4.11. The molecule has 0 spiro atoms. The fourth-order valence-corrected chi connectivity index (χ4v) is 4.17. The summed E-state index contributed by atoms with van der Waals surface area (Å²) in [7, 11) is 1.61. The van der Waals surface area contributed by atoms with Crippen molar-refractivity contribution in [2.24, 2.45) is 0 Å². The molecule has 156 valence electrons. The van der Waals surface area contributed by atoms with Gasteiger partial charge in [-0.15, -0.1) is 6.58 Å². The molecule has 0 bridgehead atoms. The van der Waals surface area contributed by atoms with E-state index in [2.05, 4.69) is 27.8 Å². The number of methoxy groups -OCH3 is 1. The largest absolute Gasteiger partial charge is 0.493 e. The van der Waals surface area contributed by atoms with E-state index in [0.29, 0.717) is 39.7 Å². The maximum Gasteiger partial charge on any atom is 0.263 e. The van der Waals surface area contributed by atoms with Gasteiger partial charge in [0, 0.05) is 10.0 Å². The predicted molar refractivity (Wildman–Crippen MR) is 128 cm³/mol. The summed E-state index contributed by atoms with van der Waals surface area (Å²) in [6.07, 6.45) is 4.37. The Morgan fingerprint density at radius 2 is 1.87 bits per heavy atom. The summed E-state index contributed by atoms with van der Waals surface area (Å²) in [5.74, 6) is 1.77. The van der Waals surface area contributed by atoms with Crippen LogP contribution in [0.4, 0.5) is 0 Å². The molecule has 1 amide bonds. The van der Waals surface area contributed by atoms with E-state index in [1.165, 1.54) is 11.8 Å². The zero-order valence-electron chi connectivity index (χ0n) is 16.3. The summed E-state index contributed by atoms with van der Waals surface area (Å²) in [6.45, 7) is 4.41. The topological polar surface area (TPSA) is 56.8 Å². The molecule has 0 atom stereocenters. The normalized spacial score (nSPS) is 14.5. The monoisotopic (exact) mass is 505 g/mol. The minimum Gasteiger partial charge on any atom is -0.493 e. The summed E-state index contributed by atoms with van der Waals surface area (Å²) >= 11 is 9.73. The number of thiocarbonyl (C=S) groups is 1. The van der Waals surface area contributed by atoms with Gasteiger partial charge < -0.3 is 19.5 Å². The second kappa shape index (κ2) is 10.7. The summed E-state index contributed by atoms with van der Waals surface area (Å²) < 4.78 is 18.5. The molecule has 1 heterocycles. The maximum atomic E-state index is 12.0. The lowest BCUT2D eigenvalue weighted by Crippen LogP contribution is -2.17. The molecule has 0 unspecified atom stereocenters. The summed E-state index contributed by atoms with van der Waals surface area (Å²) in [5, 5.41) is 2.61. The zero-order chi connectivity index (χ0) is 21.5. The Bertz CT molecular complexity index is 1010. The number of ether oxygens (including phenoxy) is 3. The van der Waals surface area contributed by atoms with Gasteiger partial charge in [0.1, 0.15) is 23.3 Å². The number of hydrogen-bond donors (Lipinski definition) is 1. The fourth-order valence-electron chi connectivity index (χ4n) is 2.75. The average Bonchev–Trinajstić information content (AvgIpc) is 3.04. The Morgan fingerprint density at radius 1 is 1.13 bits per heavy atom. The van der Waals surface area contributed by atoms with Gasteiger partial charge in [-0.3, -0.25) is 4.79 Å². The molecule has 1 saturated heterocycles. The van der Waals surface area contributed by atoms with Crippen LogP contribution in [0.2, 0.25) is 0 Å². The number of amides is 1. The SMILES string of the molecule is C=CCc1ccc(OCCOc2ccc(Br)cc2/C=C2\SC(=S)NC2=O)c(OC)c1. The molecule has 1 fully saturated rings. The Balaban J connectivity index is 1.64. The van der Waals surface area contributed by atoms with E-state index >= 15 is 0 Å². The summed E-state index contributed by atoms with van der Waals surface area (Å²) in [6, 6.07) is 11.4. The highest BCUT2D eigenvalue weighted by Crippen LogP contribution is 2.31. The molecule has 0 radical (unpaired) electrons. The van der Waals surface area contributed by atoms with Crippen LogP contribution in [-0.4, -0.2) is 30.6 Å². The zero-order valence-corrected chi connectivity index (χ0v) is 19.5. The van der Waals surface area contributed by atoms with Gasteiger partial charge in [-0.25, -0.2) is 0 Å². The molecule has 5 nitrogen and oxygen atoms in total. The minimum atomic E-state index is -0.203. The first-order valence-corrected chi connectivity index (χ1v) is 11.1. The lowest BCUT2D eigenvalue weighted by molar-refractivity contribution is -0.115.